The molecular weight excluding hydrogens is 390 g/mol. The number of nitrogens with zero attached hydrogens (tertiary/aromatic N) is 3. The summed E-state index contributed by atoms with van der Waals surface area (Å²) < 4.78 is 5.91. The van der Waals surface area contributed by atoms with Gasteiger partial charge in [0.25, 0.3) is 0 Å². The molecule has 0 radical (unpaired) electrons. The van der Waals surface area contributed by atoms with E-state index in [2.05, 4.69) is 51.5 Å². The van der Waals surface area contributed by atoms with E-state index in [0.717, 1.165) is 47.4 Å². The van der Waals surface area contributed by atoms with Gasteiger partial charge in [-0.1, -0.05) is 48.5 Å². The first-order chi connectivity index (χ1) is 14.9. The standard InChI is InChI=1S/C25H29N3OS/c1-3-8-21(9-4-1)20-30-25-15-14-24(26-27-25)22-10-12-23(13-11-22)29-19-7-18-28-16-5-2-6-17-28/h1,3-4,8-15H,2,5-7,16-20H2. The van der Waals surface area contributed by atoms with E-state index in [9.17, 15) is 0 Å². The Hall–Kier alpha value is -2.37. The second kappa shape index (κ2) is 11.1. The third-order valence-electron chi connectivity index (χ3n) is 5.36. The average Bonchev–Trinajstić information content (AvgIpc) is 2.83. The Morgan fingerprint density at radius 1 is 0.833 bits per heavy atom. The Morgan fingerprint density at radius 3 is 2.37 bits per heavy atom. The summed E-state index contributed by atoms with van der Waals surface area (Å²) in [5, 5.41) is 9.72. The second-order valence-corrected chi connectivity index (χ2v) is 8.66. The number of rotatable bonds is 9. The van der Waals surface area contributed by atoms with Crippen LogP contribution in [0.2, 0.25) is 0 Å². The van der Waals surface area contributed by atoms with E-state index in [1.165, 1.54) is 37.9 Å². The van der Waals surface area contributed by atoms with Gasteiger partial charge in [0.2, 0.25) is 0 Å². The van der Waals surface area contributed by atoms with Crippen LogP contribution in [0.1, 0.15) is 31.2 Å². The Morgan fingerprint density at radius 2 is 1.63 bits per heavy atom. The van der Waals surface area contributed by atoms with Crippen LogP contribution in [-0.4, -0.2) is 41.3 Å². The van der Waals surface area contributed by atoms with Gasteiger partial charge in [0.05, 0.1) is 12.3 Å². The Balaban J connectivity index is 1.23. The lowest BCUT2D eigenvalue weighted by molar-refractivity contribution is 0.205. The van der Waals surface area contributed by atoms with Crippen molar-refractivity contribution in [3.8, 4) is 17.0 Å². The van der Waals surface area contributed by atoms with Crippen molar-refractivity contribution in [3.05, 3.63) is 72.3 Å². The number of likely N-dealkylation sites (tertiary alicyclic amines) is 1. The molecular formula is C25H29N3OS. The van der Waals surface area contributed by atoms with Gasteiger partial charge in [-0.15, -0.1) is 10.2 Å². The monoisotopic (exact) mass is 419 g/mol. The summed E-state index contributed by atoms with van der Waals surface area (Å²) in [5.41, 5.74) is 3.23. The van der Waals surface area contributed by atoms with E-state index in [-0.39, 0.29) is 0 Å². The van der Waals surface area contributed by atoms with Crippen molar-refractivity contribution in [1.82, 2.24) is 15.1 Å². The molecule has 4 rings (SSSR count). The molecule has 0 N–H and O–H groups in total. The Labute approximate surface area is 183 Å². The number of hydrogen-bond acceptors (Lipinski definition) is 5. The normalized spacial score (nSPS) is 14.5. The van der Waals surface area contributed by atoms with Crippen molar-refractivity contribution in [1.29, 1.82) is 0 Å². The van der Waals surface area contributed by atoms with Gasteiger partial charge >= 0.3 is 0 Å². The minimum atomic E-state index is 0.767. The summed E-state index contributed by atoms with van der Waals surface area (Å²) in [7, 11) is 0. The molecule has 1 aromatic heterocycles. The summed E-state index contributed by atoms with van der Waals surface area (Å²) in [5.74, 6) is 1.82. The zero-order valence-corrected chi connectivity index (χ0v) is 18.2. The molecule has 156 valence electrons. The quantitative estimate of drug-likeness (QED) is 0.329. The molecule has 4 nitrogen and oxygen atoms in total. The van der Waals surface area contributed by atoms with Crippen LogP contribution in [0.5, 0.6) is 5.75 Å². The average molecular weight is 420 g/mol. The Bertz CT molecular complexity index is 879. The Kier molecular flexibility index (Phi) is 7.75. The van der Waals surface area contributed by atoms with E-state index in [0.29, 0.717) is 0 Å². The molecule has 2 heterocycles. The predicted octanol–water partition coefficient (Wildman–Crippen LogP) is 5.69. The molecule has 0 spiro atoms. The largest absolute Gasteiger partial charge is 0.494 e. The van der Waals surface area contributed by atoms with Crippen molar-refractivity contribution in [2.45, 2.75) is 36.5 Å². The van der Waals surface area contributed by atoms with Crippen molar-refractivity contribution in [2.75, 3.05) is 26.2 Å². The fourth-order valence-electron chi connectivity index (χ4n) is 3.67. The third kappa shape index (κ3) is 6.31. The van der Waals surface area contributed by atoms with Crippen molar-refractivity contribution >= 4 is 11.8 Å². The maximum absolute atomic E-state index is 5.91. The summed E-state index contributed by atoms with van der Waals surface area (Å²) in [6.45, 7) is 4.41. The maximum Gasteiger partial charge on any atom is 0.119 e. The van der Waals surface area contributed by atoms with Gasteiger partial charge in [0, 0.05) is 17.9 Å². The van der Waals surface area contributed by atoms with Crippen LogP contribution >= 0.6 is 11.8 Å². The highest BCUT2D eigenvalue weighted by Gasteiger charge is 2.09. The van der Waals surface area contributed by atoms with Crippen molar-refractivity contribution in [3.63, 3.8) is 0 Å². The molecule has 5 heteroatoms. The van der Waals surface area contributed by atoms with Crippen LogP contribution in [-0.2, 0) is 5.75 Å². The number of thioether (sulfide) groups is 1. The lowest BCUT2D eigenvalue weighted by Gasteiger charge is -2.26. The summed E-state index contributed by atoms with van der Waals surface area (Å²) in [6.07, 6.45) is 5.16. The van der Waals surface area contributed by atoms with Crippen LogP contribution in [0.25, 0.3) is 11.3 Å². The topological polar surface area (TPSA) is 38.2 Å². The molecule has 1 fully saturated rings. The maximum atomic E-state index is 5.91. The summed E-state index contributed by atoms with van der Waals surface area (Å²) in [4.78, 5) is 2.55. The first-order valence-electron chi connectivity index (χ1n) is 10.8. The minimum absolute atomic E-state index is 0.767. The molecule has 0 atom stereocenters. The second-order valence-electron chi connectivity index (χ2n) is 7.66. The van der Waals surface area contributed by atoms with Gasteiger partial charge in [-0.05, 0) is 74.3 Å². The fraction of sp³-hybridized carbons (Fsp3) is 0.360. The molecule has 0 saturated carbocycles. The number of benzene rings is 2. The zero-order chi connectivity index (χ0) is 20.4. The molecule has 0 unspecified atom stereocenters. The number of hydrogen-bond donors (Lipinski definition) is 0. The highest BCUT2D eigenvalue weighted by atomic mass is 32.2. The van der Waals surface area contributed by atoms with Gasteiger partial charge in [-0.25, -0.2) is 0 Å². The molecule has 0 aliphatic carbocycles. The first-order valence-corrected chi connectivity index (χ1v) is 11.8. The first kappa shape index (κ1) is 20.9. The molecule has 3 aromatic rings. The molecule has 0 bridgehead atoms. The zero-order valence-electron chi connectivity index (χ0n) is 17.4. The number of piperidine rings is 1. The third-order valence-corrected chi connectivity index (χ3v) is 6.35. The molecule has 0 amide bonds. The van der Waals surface area contributed by atoms with Gasteiger partial charge in [0.15, 0.2) is 0 Å². The lowest BCUT2D eigenvalue weighted by Crippen LogP contribution is -2.31. The van der Waals surface area contributed by atoms with Crippen LogP contribution < -0.4 is 4.74 Å². The van der Waals surface area contributed by atoms with Crippen LogP contribution in [0.15, 0.2) is 71.8 Å². The summed E-state index contributed by atoms with van der Waals surface area (Å²) in [6, 6.07) is 22.7. The van der Waals surface area contributed by atoms with E-state index in [4.69, 9.17) is 4.74 Å². The highest BCUT2D eigenvalue weighted by molar-refractivity contribution is 7.98. The number of aromatic nitrogens is 2. The van der Waals surface area contributed by atoms with Crippen LogP contribution in [0.3, 0.4) is 0 Å². The smallest absolute Gasteiger partial charge is 0.119 e. The van der Waals surface area contributed by atoms with E-state index in [1.54, 1.807) is 11.8 Å². The van der Waals surface area contributed by atoms with Gasteiger partial charge in [-0.2, -0.15) is 0 Å². The van der Waals surface area contributed by atoms with Crippen LogP contribution in [0, 0.1) is 0 Å². The molecule has 1 aliphatic rings. The van der Waals surface area contributed by atoms with E-state index < -0.39 is 0 Å². The predicted molar refractivity (Wildman–Crippen MR) is 124 cm³/mol. The van der Waals surface area contributed by atoms with Gasteiger partial charge in [0.1, 0.15) is 10.8 Å². The lowest BCUT2D eigenvalue weighted by atomic mass is 10.1. The van der Waals surface area contributed by atoms with E-state index in [1.807, 2.05) is 30.3 Å². The minimum Gasteiger partial charge on any atom is -0.494 e. The fourth-order valence-corrected chi connectivity index (χ4v) is 4.44. The summed E-state index contributed by atoms with van der Waals surface area (Å²) >= 11 is 1.70. The molecule has 30 heavy (non-hydrogen) atoms. The van der Waals surface area contributed by atoms with Gasteiger partial charge in [-0.3, -0.25) is 0 Å². The van der Waals surface area contributed by atoms with Crippen LogP contribution in [0.4, 0.5) is 0 Å². The highest BCUT2D eigenvalue weighted by Crippen LogP contribution is 2.24. The SMILES string of the molecule is c1ccc(CSc2ccc(-c3ccc(OCCCN4CCCCC4)cc3)nn2)cc1. The molecule has 1 saturated heterocycles. The van der Waals surface area contributed by atoms with Crippen molar-refractivity contribution < 1.29 is 4.74 Å². The molecule has 1 aliphatic heterocycles. The molecule has 2 aromatic carbocycles. The number of ether oxygens (including phenoxy) is 1. The van der Waals surface area contributed by atoms with Gasteiger partial charge < -0.3 is 9.64 Å². The van der Waals surface area contributed by atoms with E-state index >= 15 is 0 Å². The van der Waals surface area contributed by atoms with Crippen molar-refractivity contribution in [2.24, 2.45) is 0 Å².